The Bertz CT molecular complexity index is 285. The predicted octanol–water partition coefficient (Wildman–Crippen LogP) is 2.07. The fraction of sp³-hybridized carbons (Fsp3) is 0.636. The number of carbonyl (C=O) groups is 2. The van der Waals surface area contributed by atoms with Crippen LogP contribution in [0.4, 0.5) is 0 Å². The van der Waals surface area contributed by atoms with Crippen molar-refractivity contribution in [3.63, 3.8) is 0 Å². The van der Waals surface area contributed by atoms with Crippen molar-refractivity contribution in [3.8, 4) is 0 Å². The van der Waals surface area contributed by atoms with Crippen LogP contribution in [0, 0.1) is 10.8 Å². The Morgan fingerprint density at radius 1 is 1.50 bits per heavy atom. The molecule has 0 aliphatic carbocycles. The van der Waals surface area contributed by atoms with Gasteiger partial charge in [-0.1, -0.05) is 26.8 Å². The molecule has 1 heterocycles. The van der Waals surface area contributed by atoms with Gasteiger partial charge >= 0.3 is 11.9 Å². The first-order valence-corrected chi connectivity index (χ1v) is 4.69. The smallest absolute Gasteiger partial charge is 0.321 e. The molecule has 1 rings (SSSR count). The van der Waals surface area contributed by atoms with E-state index < -0.39 is 17.4 Å². The summed E-state index contributed by atoms with van der Waals surface area (Å²) in [4.78, 5) is 22.8. The topological polar surface area (TPSA) is 43.4 Å². The lowest BCUT2D eigenvalue weighted by Gasteiger charge is -2.36. The third kappa shape index (κ3) is 1.47. The Hall–Kier alpha value is -1.12. The molecule has 3 nitrogen and oxygen atoms in total. The summed E-state index contributed by atoms with van der Waals surface area (Å²) in [5, 5.41) is 0. The molecular weight excluding hydrogens is 180 g/mol. The van der Waals surface area contributed by atoms with Crippen molar-refractivity contribution in [2.45, 2.75) is 33.6 Å². The van der Waals surface area contributed by atoms with Gasteiger partial charge < -0.3 is 4.74 Å². The Morgan fingerprint density at radius 2 is 2.07 bits per heavy atom. The van der Waals surface area contributed by atoms with Gasteiger partial charge in [0.25, 0.3) is 0 Å². The van der Waals surface area contributed by atoms with Gasteiger partial charge in [0, 0.05) is 0 Å². The molecule has 0 spiro atoms. The first kappa shape index (κ1) is 11.0. The molecule has 1 saturated heterocycles. The molecule has 78 valence electrons. The first-order valence-electron chi connectivity index (χ1n) is 4.69. The number of rotatable bonds is 2. The van der Waals surface area contributed by atoms with Crippen molar-refractivity contribution < 1.29 is 14.3 Å². The highest BCUT2D eigenvalue weighted by atomic mass is 16.6. The monoisotopic (exact) mass is 196 g/mol. The second-order valence-corrected chi connectivity index (χ2v) is 4.76. The van der Waals surface area contributed by atoms with E-state index in [4.69, 9.17) is 0 Å². The van der Waals surface area contributed by atoms with E-state index in [0.717, 1.165) is 0 Å². The zero-order chi connectivity index (χ0) is 11.0. The Balaban J connectivity index is 3.11. The molecule has 1 atom stereocenters. The molecule has 14 heavy (non-hydrogen) atoms. The van der Waals surface area contributed by atoms with E-state index in [1.807, 2.05) is 20.8 Å². The summed E-state index contributed by atoms with van der Waals surface area (Å²) in [6.45, 7) is 9.45. The number of carbonyl (C=O) groups excluding carboxylic acids is 2. The molecule has 0 aromatic heterocycles. The van der Waals surface area contributed by atoms with Crippen LogP contribution in [0.5, 0.6) is 0 Å². The van der Waals surface area contributed by atoms with Crippen molar-refractivity contribution in [1.82, 2.24) is 0 Å². The lowest BCUT2D eigenvalue weighted by Crippen LogP contribution is -2.39. The Morgan fingerprint density at radius 3 is 2.36 bits per heavy atom. The van der Waals surface area contributed by atoms with E-state index in [2.05, 4.69) is 11.3 Å². The third-order valence-corrected chi connectivity index (χ3v) is 2.97. The van der Waals surface area contributed by atoms with Gasteiger partial charge in [-0.25, -0.2) is 0 Å². The maximum atomic E-state index is 11.7. The van der Waals surface area contributed by atoms with Gasteiger partial charge in [-0.15, -0.1) is 6.58 Å². The molecule has 0 aromatic carbocycles. The average molecular weight is 196 g/mol. The maximum absolute atomic E-state index is 11.7. The Labute approximate surface area is 84.1 Å². The standard InChI is InChI=1S/C11H16O3/c1-5-6-11(10(2,3)4)7-8(12)14-9(11)13/h5H,1,6-7H2,2-4H3. The number of cyclic esters (lactones) is 2. The summed E-state index contributed by atoms with van der Waals surface area (Å²) in [5.41, 5.74) is -1.00. The summed E-state index contributed by atoms with van der Waals surface area (Å²) in [6, 6.07) is 0. The zero-order valence-corrected chi connectivity index (χ0v) is 8.92. The zero-order valence-electron chi connectivity index (χ0n) is 8.92. The van der Waals surface area contributed by atoms with Crippen LogP contribution < -0.4 is 0 Å². The summed E-state index contributed by atoms with van der Waals surface area (Å²) < 4.78 is 4.63. The number of hydrogen-bond acceptors (Lipinski definition) is 3. The molecule has 1 aliphatic rings. The van der Waals surface area contributed by atoms with Crippen LogP contribution in [-0.2, 0) is 14.3 Å². The second kappa shape index (κ2) is 3.23. The number of allylic oxidation sites excluding steroid dienone is 1. The predicted molar refractivity (Wildman–Crippen MR) is 52.4 cm³/mol. The van der Waals surface area contributed by atoms with E-state index in [-0.39, 0.29) is 11.8 Å². The van der Waals surface area contributed by atoms with Crippen molar-refractivity contribution in [1.29, 1.82) is 0 Å². The highest BCUT2D eigenvalue weighted by Gasteiger charge is 2.55. The van der Waals surface area contributed by atoms with Crippen LogP contribution in [0.1, 0.15) is 33.6 Å². The fourth-order valence-corrected chi connectivity index (χ4v) is 1.84. The average Bonchev–Trinajstić information content (AvgIpc) is 2.27. The lowest BCUT2D eigenvalue weighted by atomic mass is 9.64. The van der Waals surface area contributed by atoms with E-state index in [1.165, 1.54) is 0 Å². The SMILES string of the molecule is C=CCC1(C(C)(C)C)CC(=O)OC1=O. The quantitative estimate of drug-likeness (QED) is 0.386. The van der Waals surface area contributed by atoms with E-state index in [0.29, 0.717) is 6.42 Å². The molecule has 0 aromatic rings. The summed E-state index contributed by atoms with van der Waals surface area (Å²) in [6.07, 6.45) is 2.33. The van der Waals surface area contributed by atoms with Gasteiger partial charge in [0.2, 0.25) is 0 Å². The van der Waals surface area contributed by atoms with Crippen LogP contribution in [-0.4, -0.2) is 11.9 Å². The van der Waals surface area contributed by atoms with Gasteiger partial charge in [-0.2, -0.15) is 0 Å². The van der Waals surface area contributed by atoms with E-state index in [9.17, 15) is 9.59 Å². The van der Waals surface area contributed by atoms with Crippen molar-refractivity contribution in [2.75, 3.05) is 0 Å². The first-order chi connectivity index (χ1) is 6.33. The molecule has 0 amide bonds. The Kier molecular flexibility index (Phi) is 2.52. The molecule has 0 saturated carbocycles. The maximum Gasteiger partial charge on any atom is 0.321 e. The van der Waals surface area contributed by atoms with Gasteiger partial charge in [0.15, 0.2) is 0 Å². The number of ether oxygens (including phenoxy) is 1. The molecule has 0 N–H and O–H groups in total. The van der Waals surface area contributed by atoms with E-state index >= 15 is 0 Å². The van der Waals surface area contributed by atoms with Crippen molar-refractivity contribution >= 4 is 11.9 Å². The van der Waals surface area contributed by atoms with Crippen LogP contribution in [0.25, 0.3) is 0 Å². The minimum atomic E-state index is -0.716. The van der Waals surface area contributed by atoms with Crippen LogP contribution in [0.2, 0.25) is 0 Å². The minimum Gasteiger partial charge on any atom is -0.393 e. The summed E-state index contributed by atoms with van der Waals surface area (Å²) in [5.74, 6) is -0.832. The fourth-order valence-electron chi connectivity index (χ4n) is 1.84. The van der Waals surface area contributed by atoms with Crippen LogP contribution >= 0.6 is 0 Å². The lowest BCUT2D eigenvalue weighted by molar-refractivity contribution is -0.157. The molecule has 1 unspecified atom stereocenters. The molecule has 3 heteroatoms. The molecule has 1 fully saturated rings. The van der Waals surface area contributed by atoms with Gasteiger partial charge in [0.1, 0.15) is 0 Å². The van der Waals surface area contributed by atoms with Crippen molar-refractivity contribution in [2.24, 2.45) is 10.8 Å². The largest absolute Gasteiger partial charge is 0.393 e. The second-order valence-electron chi connectivity index (χ2n) is 4.76. The van der Waals surface area contributed by atoms with Gasteiger partial charge in [-0.05, 0) is 11.8 Å². The highest BCUT2D eigenvalue weighted by molar-refractivity contribution is 5.98. The number of hydrogen-bond donors (Lipinski definition) is 0. The van der Waals surface area contributed by atoms with Crippen molar-refractivity contribution in [3.05, 3.63) is 12.7 Å². The molecule has 1 aliphatic heterocycles. The number of esters is 2. The van der Waals surface area contributed by atoms with Gasteiger partial charge in [-0.3, -0.25) is 9.59 Å². The minimum absolute atomic E-state index is 0.168. The van der Waals surface area contributed by atoms with Crippen LogP contribution in [0.15, 0.2) is 12.7 Å². The third-order valence-electron chi connectivity index (χ3n) is 2.97. The normalized spacial score (nSPS) is 27.6. The molecule has 0 bridgehead atoms. The highest BCUT2D eigenvalue weighted by Crippen LogP contribution is 2.49. The molecular formula is C11H16O3. The molecule has 0 radical (unpaired) electrons. The summed E-state index contributed by atoms with van der Waals surface area (Å²) >= 11 is 0. The summed E-state index contributed by atoms with van der Waals surface area (Å²) in [7, 11) is 0. The van der Waals surface area contributed by atoms with Crippen LogP contribution in [0.3, 0.4) is 0 Å². The van der Waals surface area contributed by atoms with Gasteiger partial charge in [0.05, 0.1) is 11.8 Å². The van der Waals surface area contributed by atoms with E-state index in [1.54, 1.807) is 6.08 Å².